The Morgan fingerprint density at radius 2 is 0.764 bits per heavy atom. The topological polar surface area (TPSA) is 275 Å². The van der Waals surface area contributed by atoms with Crippen LogP contribution in [0.25, 0.3) is 79.2 Å². The van der Waals surface area contributed by atoms with E-state index < -0.39 is 124 Å². The average molecular weight is 1210 g/mol. The molecule has 6 N–H and O–H groups in total. The Morgan fingerprint density at radius 3 is 1.21 bits per heavy atom. The van der Waals surface area contributed by atoms with Gasteiger partial charge in [0.1, 0.15) is 19.6 Å². The van der Waals surface area contributed by atoms with E-state index in [1.54, 1.807) is 30.4 Å². The molecule has 72 heavy (non-hydrogen) atoms. The Hall–Kier alpha value is -4.56. The molecule has 0 saturated carbocycles. The molecule has 0 radical (unpaired) electrons. The lowest BCUT2D eigenvalue weighted by Gasteiger charge is -2.18. The van der Waals surface area contributed by atoms with Gasteiger partial charge in [0.05, 0.1) is 68.5 Å². The van der Waals surface area contributed by atoms with Crippen LogP contribution in [0.15, 0.2) is 98.4 Å². The van der Waals surface area contributed by atoms with Crippen LogP contribution in [0.5, 0.6) is 0 Å². The predicted octanol–water partition coefficient (Wildman–Crippen LogP) is 13.3. The number of halogens is 8. The molecule has 0 fully saturated rings. The number of nitrogens with one attached hydrogen (secondary N) is 2. The van der Waals surface area contributed by atoms with Gasteiger partial charge in [-0.25, -0.2) is 9.97 Å². The molecule has 0 amide bonds. The third-order valence-electron chi connectivity index (χ3n) is 11.0. The minimum atomic E-state index is -5.26. The van der Waals surface area contributed by atoms with E-state index in [0.29, 0.717) is 16.7 Å². The van der Waals surface area contributed by atoms with Crippen molar-refractivity contribution >= 4 is 179 Å². The van der Waals surface area contributed by atoms with Gasteiger partial charge in [-0.05, 0) is 97.1 Å². The zero-order valence-corrected chi connectivity index (χ0v) is 44.2. The van der Waals surface area contributed by atoms with Crippen molar-refractivity contribution in [2.24, 2.45) is 0 Å². The lowest BCUT2D eigenvalue weighted by atomic mass is 9.90. The van der Waals surface area contributed by atoms with Crippen molar-refractivity contribution in [1.82, 2.24) is 19.9 Å². The lowest BCUT2D eigenvalue weighted by Crippen LogP contribution is -2.04. The van der Waals surface area contributed by atoms with Gasteiger partial charge in [-0.3, -0.25) is 18.2 Å². The standard InChI is InChI=1S/C44H22Cl8N4O12S4/c45-23-5-9-28(69(57,58)59)39(49)32(23)22-15-21-14-19-2-1-17(53-19)13-18-3-4-20(54-18)16-27-36(33-24(46)6-10-29(40(33)50)70(60,61)62)37(34-25(47)7-11-30(41(34)51)71(63,64)65)44(56-27)38(43(22)55-21)35-26(48)8-12-31(42(35)52)72(66,67)68/h1-16,53,56H,(H,57,58,59)(H,60,61,62)(H,63,64,65)(H,66,67,68). The van der Waals surface area contributed by atoms with Crippen molar-refractivity contribution in [3.8, 4) is 33.4 Å². The number of aromatic nitrogens is 4. The maximum Gasteiger partial charge on any atom is 0.296 e. The summed E-state index contributed by atoms with van der Waals surface area (Å²) in [5.74, 6) is 0. The third-order valence-corrected chi connectivity index (χ3v) is 17.8. The van der Waals surface area contributed by atoms with E-state index in [2.05, 4.69) is 9.97 Å². The van der Waals surface area contributed by atoms with Crippen LogP contribution in [0.4, 0.5) is 0 Å². The molecule has 0 unspecified atom stereocenters. The van der Waals surface area contributed by atoms with Crippen LogP contribution in [0.1, 0.15) is 28.3 Å². The van der Waals surface area contributed by atoms with Crippen LogP contribution in [0.2, 0.25) is 40.2 Å². The molecule has 9 rings (SSSR count). The van der Waals surface area contributed by atoms with Crippen molar-refractivity contribution in [2.75, 3.05) is 0 Å². The summed E-state index contributed by atoms with van der Waals surface area (Å²) in [5.41, 5.74) is -2.59. The monoisotopic (exact) mass is 1210 g/mol. The SMILES string of the molecule is O=S(=O)(O)c1ccc(Cl)c(C2=Cc3cc4ccc(cc5nc(cc6[nH]c(c(-c7c(Cl)ccc(S(=O)(=O)O)c7Cl)c2n3)c(-c2c(Cl)ccc(S(=O)(=O)O)c2Cl)c6-c2c(Cl)ccc(S(=O)(=O)O)c2Cl)C=C5)[nH]4)c1Cl. The lowest BCUT2D eigenvalue weighted by molar-refractivity contribution is 0.481. The van der Waals surface area contributed by atoms with E-state index in [-0.39, 0.29) is 49.3 Å². The molecule has 370 valence electrons. The minimum absolute atomic E-state index is 0.0192. The van der Waals surface area contributed by atoms with E-state index >= 15 is 0 Å². The fraction of sp³-hybridized carbons (Fsp3) is 0. The fourth-order valence-corrected chi connectivity index (χ4v) is 13.8. The van der Waals surface area contributed by atoms with Crippen LogP contribution in [-0.2, 0) is 40.5 Å². The van der Waals surface area contributed by atoms with E-state index in [4.69, 9.17) is 103 Å². The molecule has 8 bridgehead atoms. The molecule has 16 nitrogen and oxygen atoms in total. The van der Waals surface area contributed by atoms with Crippen LogP contribution in [-0.4, -0.2) is 71.8 Å². The Labute approximate surface area is 447 Å². The van der Waals surface area contributed by atoms with Crippen LogP contribution >= 0.6 is 92.8 Å². The number of H-pyrrole nitrogens is 2. The number of fused-ring (bicyclic) bond motifs is 8. The number of rotatable bonds is 8. The summed E-state index contributed by atoms with van der Waals surface area (Å²) in [6, 6.07) is 15.6. The van der Waals surface area contributed by atoms with Gasteiger partial charge in [0.15, 0.2) is 0 Å². The van der Waals surface area contributed by atoms with Gasteiger partial charge in [0.2, 0.25) is 0 Å². The largest absolute Gasteiger partial charge is 0.355 e. The summed E-state index contributed by atoms with van der Waals surface area (Å²) >= 11 is 55.8. The number of benzene rings is 4. The molecule has 28 heteroatoms. The fourth-order valence-electron chi connectivity index (χ4n) is 8.06. The Morgan fingerprint density at radius 1 is 0.389 bits per heavy atom. The minimum Gasteiger partial charge on any atom is -0.355 e. The van der Waals surface area contributed by atoms with Crippen molar-refractivity contribution in [1.29, 1.82) is 0 Å². The molecule has 7 aromatic rings. The van der Waals surface area contributed by atoms with Crippen LogP contribution in [0.3, 0.4) is 0 Å². The molecule has 0 aliphatic carbocycles. The first-order valence-electron chi connectivity index (χ1n) is 19.6. The maximum atomic E-state index is 13.1. The molecular weight excluding hydrogens is 1190 g/mol. The third kappa shape index (κ3) is 9.47. The maximum absolute atomic E-state index is 13.1. The number of nitrogens with zero attached hydrogens (tertiary/aromatic N) is 2. The normalized spacial score (nSPS) is 13.2. The second kappa shape index (κ2) is 18.7. The highest BCUT2D eigenvalue weighted by atomic mass is 35.5. The molecule has 0 atom stereocenters. The van der Waals surface area contributed by atoms with E-state index in [9.17, 15) is 51.9 Å². The zero-order valence-electron chi connectivity index (χ0n) is 34.8. The molecule has 4 aromatic carbocycles. The van der Waals surface area contributed by atoms with E-state index in [1.807, 2.05) is 0 Å². The Bertz CT molecular complexity index is 4330. The molecule has 0 spiro atoms. The first-order chi connectivity index (χ1) is 33.5. The van der Waals surface area contributed by atoms with Gasteiger partial charge in [-0.2, -0.15) is 33.7 Å². The second-order valence-corrected chi connectivity index (χ2v) is 24.1. The number of hydrogen-bond donors (Lipinski definition) is 6. The highest BCUT2D eigenvalue weighted by molar-refractivity contribution is 7.86. The average Bonchev–Trinajstić information content (AvgIpc) is 4.06. The van der Waals surface area contributed by atoms with Gasteiger partial charge >= 0.3 is 0 Å². The van der Waals surface area contributed by atoms with Crippen molar-refractivity contribution < 1.29 is 51.9 Å². The van der Waals surface area contributed by atoms with Gasteiger partial charge in [-0.1, -0.05) is 92.8 Å². The van der Waals surface area contributed by atoms with E-state index in [0.717, 1.165) is 48.5 Å². The quantitative estimate of drug-likeness (QED) is 0.0772. The molecule has 3 aromatic heterocycles. The smallest absolute Gasteiger partial charge is 0.296 e. The predicted molar refractivity (Wildman–Crippen MR) is 279 cm³/mol. The summed E-state index contributed by atoms with van der Waals surface area (Å²) in [6.45, 7) is 0. The van der Waals surface area contributed by atoms with Crippen molar-refractivity contribution in [3.05, 3.63) is 147 Å². The summed E-state index contributed by atoms with van der Waals surface area (Å²) in [6.07, 6.45) is 4.55. The van der Waals surface area contributed by atoms with Gasteiger partial charge in [-0.15, -0.1) is 0 Å². The zero-order chi connectivity index (χ0) is 52.3. The van der Waals surface area contributed by atoms with Gasteiger partial charge in [0.25, 0.3) is 40.5 Å². The van der Waals surface area contributed by atoms with Gasteiger partial charge < -0.3 is 9.97 Å². The summed E-state index contributed by atoms with van der Waals surface area (Å²) in [4.78, 5) is 12.4. The summed E-state index contributed by atoms with van der Waals surface area (Å²) < 4.78 is 146. The molecular formula is C44H22Cl8N4O12S4. The summed E-state index contributed by atoms with van der Waals surface area (Å²) in [7, 11) is -20.8. The highest BCUT2D eigenvalue weighted by Crippen LogP contribution is 2.55. The first kappa shape index (κ1) is 52.3. The second-order valence-electron chi connectivity index (χ2n) is 15.4. The molecule has 2 aliphatic heterocycles. The highest BCUT2D eigenvalue weighted by Gasteiger charge is 2.35. The number of hydrogen-bond acceptors (Lipinski definition) is 10. The van der Waals surface area contributed by atoms with Crippen molar-refractivity contribution in [3.63, 3.8) is 0 Å². The van der Waals surface area contributed by atoms with Crippen molar-refractivity contribution in [2.45, 2.75) is 19.6 Å². The number of aromatic amines is 2. The molecule has 2 aliphatic rings. The molecule has 5 heterocycles. The molecule has 0 saturated heterocycles. The Balaban J connectivity index is 1.70. The summed E-state index contributed by atoms with van der Waals surface area (Å²) in [5, 5.41) is -4.38. The van der Waals surface area contributed by atoms with E-state index in [1.165, 1.54) is 18.2 Å². The Kier molecular flexibility index (Phi) is 13.6. The first-order valence-corrected chi connectivity index (χ1v) is 28.3. The van der Waals surface area contributed by atoms with Crippen LogP contribution in [0, 0.1) is 0 Å². The van der Waals surface area contributed by atoms with Crippen LogP contribution < -0.4 is 0 Å². The van der Waals surface area contributed by atoms with Gasteiger partial charge in [0, 0.05) is 61.1 Å².